The third-order valence-corrected chi connectivity index (χ3v) is 6.03. The number of hydrogen-bond acceptors (Lipinski definition) is 6. The van der Waals surface area contributed by atoms with Gasteiger partial charge >= 0.3 is 0 Å². The minimum atomic E-state index is -0.0407. The van der Waals surface area contributed by atoms with Crippen molar-refractivity contribution in [2.45, 2.75) is 44.3 Å². The summed E-state index contributed by atoms with van der Waals surface area (Å²) in [6, 6.07) is 12.4. The summed E-state index contributed by atoms with van der Waals surface area (Å²) in [6.45, 7) is 4.39. The van der Waals surface area contributed by atoms with Crippen LogP contribution in [0.4, 0.5) is 5.69 Å². The average Bonchev–Trinajstić information content (AvgIpc) is 3.51. The summed E-state index contributed by atoms with van der Waals surface area (Å²) in [5.41, 5.74) is 3.98. The number of benzene rings is 1. The number of amides is 1. The van der Waals surface area contributed by atoms with E-state index in [1.54, 1.807) is 17.3 Å². The highest BCUT2D eigenvalue weighted by atomic mass is 32.2. The fraction of sp³-hybridized carbons (Fsp3) is 0.348. The Bertz CT molecular complexity index is 1100. The maximum atomic E-state index is 13.1. The first-order valence-corrected chi connectivity index (χ1v) is 11.3. The van der Waals surface area contributed by atoms with Gasteiger partial charge in [-0.25, -0.2) is 0 Å². The molecule has 0 aliphatic heterocycles. The molecule has 1 aliphatic carbocycles. The summed E-state index contributed by atoms with van der Waals surface area (Å²) in [7, 11) is 0. The van der Waals surface area contributed by atoms with Gasteiger partial charge in [0.15, 0.2) is 11.0 Å². The standard InChI is InChI=1S/C23H24N6OS/c1-16-12-17(2)14-20(13-16)28(11-3-8-24)21(30)15-31-23-27-26-22(29(23)19-4-5-19)18-6-9-25-10-7-18/h6-7,9-10,12-14,19H,3-5,11,15H2,1-2H3. The van der Waals surface area contributed by atoms with E-state index in [2.05, 4.69) is 31.9 Å². The Labute approximate surface area is 186 Å². The van der Waals surface area contributed by atoms with E-state index in [1.807, 2.05) is 38.1 Å². The van der Waals surface area contributed by atoms with Crippen molar-refractivity contribution >= 4 is 23.4 Å². The van der Waals surface area contributed by atoms with Gasteiger partial charge in [-0.3, -0.25) is 14.3 Å². The lowest BCUT2D eigenvalue weighted by molar-refractivity contribution is -0.116. The lowest BCUT2D eigenvalue weighted by atomic mass is 10.1. The monoisotopic (exact) mass is 432 g/mol. The van der Waals surface area contributed by atoms with Crippen LogP contribution in [0.3, 0.4) is 0 Å². The van der Waals surface area contributed by atoms with Gasteiger partial charge in [0, 0.05) is 36.2 Å². The fourth-order valence-corrected chi connectivity index (χ4v) is 4.49. The van der Waals surface area contributed by atoms with Crippen LogP contribution in [0.15, 0.2) is 47.9 Å². The van der Waals surface area contributed by atoms with E-state index in [0.29, 0.717) is 12.6 Å². The Balaban J connectivity index is 1.54. The number of nitrogens with zero attached hydrogens (tertiary/aromatic N) is 6. The Morgan fingerprint density at radius 1 is 1.19 bits per heavy atom. The molecule has 0 N–H and O–H groups in total. The van der Waals surface area contributed by atoms with Crippen LogP contribution in [0.5, 0.6) is 0 Å². The van der Waals surface area contributed by atoms with E-state index in [-0.39, 0.29) is 18.1 Å². The maximum absolute atomic E-state index is 13.1. The molecule has 1 saturated carbocycles. The molecule has 158 valence electrons. The van der Waals surface area contributed by atoms with Crippen LogP contribution < -0.4 is 4.90 Å². The van der Waals surface area contributed by atoms with Crippen LogP contribution in [0.1, 0.15) is 36.4 Å². The second-order valence-corrected chi connectivity index (χ2v) is 8.67. The molecule has 1 amide bonds. The molecular weight excluding hydrogens is 408 g/mol. The third kappa shape index (κ3) is 4.94. The molecule has 0 bridgehead atoms. The summed E-state index contributed by atoms with van der Waals surface area (Å²) in [5, 5.41) is 18.6. The van der Waals surface area contributed by atoms with Gasteiger partial charge in [0.1, 0.15) is 0 Å². The minimum Gasteiger partial charge on any atom is -0.311 e. The van der Waals surface area contributed by atoms with Gasteiger partial charge < -0.3 is 4.90 Å². The molecule has 0 saturated heterocycles. The Kier molecular flexibility index (Phi) is 6.33. The van der Waals surface area contributed by atoms with Crippen molar-refractivity contribution in [3.63, 3.8) is 0 Å². The Hall–Kier alpha value is -3.18. The van der Waals surface area contributed by atoms with Crippen LogP contribution in [-0.4, -0.2) is 38.0 Å². The zero-order chi connectivity index (χ0) is 21.8. The number of aryl methyl sites for hydroxylation is 2. The number of rotatable bonds is 8. The third-order valence-electron chi connectivity index (χ3n) is 5.11. The predicted octanol–water partition coefficient (Wildman–Crippen LogP) is 4.33. The van der Waals surface area contributed by atoms with E-state index in [1.165, 1.54) is 11.8 Å². The molecule has 0 spiro atoms. The molecule has 1 fully saturated rings. The van der Waals surface area contributed by atoms with Crippen molar-refractivity contribution < 1.29 is 4.79 Å². The van der Waals surface area contributed by atoms with E-state index in [0.717, 1.165) is 46.2 Å². The minimum absolute atomic E-state index is 0.0407. The molecule has 7 nitrogen and oxygen atoms in total. The second-order valence-electron chi connectivity index (χ2n) is 7.73. The van der Waals surface area contributed by atoms with Gasteiger partial charge in [-0.15, -0.1) is 10.2 Å². The molecule has 4 rings (SSSR count). The van der Waals surface area contributed by atoms with Crippen molar-refractivity contribution in [3.8, 4) is 17.5 Å². The average molecular weight is 433 g/mol. The summed E-state index contributed by atoms with van der Waals surface area (Å²) in [6.07, 6.45) is 5.96. The van der Waals surface area contributed by atoms with Crippen LogP contribution in [-0.2, 0) is 4.79 Å². The lowest BCUT2D eigenvalue weighted by Gasteiger charge is -2.22. The number of pyridine rings is 1. The fourth-order valence-electron chi connectivity index (χ4n) is 3.61. The van der Waals surface area contributed by atoms with Gasteiger partial charge in [0.2, 0.25) is 5.91 Å². The van der Waals surface area contributed by atoms with E-state index < -0.39 is 0 Å². The number of carbonyl (C=O) groups excluding carboxylic acids is 1. The normalized spacial score (nSPS) is 13.1. The van der Waals surface area contributed by atoms with Crippen molar-refractivity contribution in [1.82, 2.24) is 19.7 Å². The first-order chi connectivity index (χ1) is 15.1. The van der Waals surface area contributed by atoms with Crippen LogP contribution >= 0.6 is 11.8 Å². The molecule has 1 aliphatic rings. The van der Waals surface area contributed by atoms with Crippen LogP contribution in [0.2, 0.25) is 0 Å². The van der Waals surface area contributed by atoms with Gasteiger partial charge in [-0.1, -0.05) is 17.8 Å². The molecule has 0 radical (unpaired) electrons. The number of nitriles is 1. The van der Waals surface area contributed by atoms with Gasteiger partial charge in [-0.2, -0.15) is 5.26 Å². The van der Waals surface area contributed by atoms with Crippen molar-refractivity contribution in [2.75, 3.05) is 17.2 Å². The zero-order valence-corrected chi connectivity index (χ0v) is 18.5. The highest BCUT2D eigenvalue weighted by Crippen LogP contribution is 2.41. The van der Waals surface area contributed by atoms with Crippen LogP contribution in [0, 0.1) is 25.2 Å². The van der Waals surface area contributed by atoms with Crippen LogP contribution in [0.25, 0.3) is 11.4 Å². The van der Waals surface area contributed by atoms with E-state index >= 15 is 0 Å². The topological polar surface area (TPSA) is 87.7 Å². The van der Waals surface area contributed by atoms with Crippen molar-refractivity contribution in [3.05, 3.63) is 53.9 Å². The van der Waals surface area contributed by atoms with Gasteiger partial charge in [0.05, 0.1) is 18.2 Å². The number of carbonyl (C=O) groups is 1. The Morgan fingerprint density at radius 2 is 1.90 bits per heavy atom. The first-order valence-electron chi connectivity index (χ1n) is 10.3. The Morgan fingerprint density at radius 3 is 2.55 bits per heavy atom. The molecule has 0 unspecified atom stereocenters. The first kappa shape index (κ1) is 21.1. The lowest BCUT2D eigenvalue weighted by Crippen LogP contribution is -2.33. The second kappa shape index (κ2) is 9.31. The van der Waals surface area contributed by atoms with E-state index in [4.69, 9.17) is 5.26 Å². The molecule has 8 heteroatoms. The van der Waals surface area contributed by atoms with Gasteiger partial charge in [0.25, 0.3) is 0 Å². The molecule has 3 aromatic rings. The molecule has 0 atom stereocenters. The smallest absolute Gasteiger partial charge is 0.237 e. The highest BCUT2D eigenvalue weighted by molar-refractivity contribution is 7.99. The summed E-state index contributed by atoms with van der Waals surface area (Å²) in [5.74, 6) is 1.01. The zero-order valence-electron chi connectivity index (χ0n) is 17.7. The molecule has 31 heavy (non-hydrogen) atoms. The highest BCUT2D eigenvalue weighted by Gasteiger charge is 2.30. The quantitative estimate of drug-likeness (QED) is 0.492. The van der Waals surface area contributed by atoms with Crippen molar-refractivity contribution in [2.24, 2.45) is 0 Å². The van der Waals surface area contributed by atoms with Crippen molar-refractivity contribution in [1.29, 1.82) is 5.26 Å². The molecule has 1 aromatic carbocycles. The SMILES string of the molecule is Cc1cc(C)cc(N(CCC#N)C(=O)CSc2nnc(-c3ccncc3)n2C2CC2)c1. The molecule has 2 aromatic heterocycles. The maximum Gasteiger partial charge on any atom is 0.237 e. The molecule has 2 heterocycles. The molecular formula is C23H24N6OS. The number of hydrogen-bond donors (Lipinski definition) is 0. The van der Waals surface area contributed by atoms with Gasteiger partial charge in [-0.05, 0) is 62.1 Å². The number of thioether (sulfide) groups is 1. The summed E-state index contributed by atoms with van der Waals surface area (Å²) in [4.78, 5) is 18.9. The number of anilines is 1. The summed E-state index contributed by atoms with van der Waals surface area (Å²) >= 11 is 1.40. The van der Waals surface area contributed by atoms with E-state index in [9.17, 15) is 4.79 Å². The number of aromatic nitrogens is 4. The largest absolute Gasteiger partial charge is 0.311 e. The predicted molar refractivity (Wildman–Crippen MR) is 121 cm³/mol. The summed E-state index contributed by atoms with van der Waals surface area (Å²) < 4.78 is 2.14.